The Morgan fingerprint density at radius 2 is 1.96 bits per heavy atom. The van der Waals surface area contributed by atoms with E-state index in [0.29, 0.717) is 39.2 Å². The van der Waals surface area contributed by atoms with Crippen molar-refractivity contribution in [3.05, 3.63) is 42.4 Å². The van der Waals surface area contributed by atoms with Crippen LogP contribution in [0.25, 0.3) is 33.1 Å². The third kappa shape index (κ3) is 2.29. The van der Waals surface area contributed by atoms with Crippen molar-refractivity contribution in [3.8, 4) is 11.1 Å². The molecule has 0 saturated carbocycles. The molecule has 24 heavy (non-hydrogen) atoms. The molecule has 0 atom stereocenters. The van der Waals surface area contributed by atoms with Crippen molar-refractivity contribution in [2.24, 2.45) is 0 Å². The topological polar surface area (TPSA) is 118 Å². The number of anilines is 1. The van der Waals surface area contributed by atoms with Crippen LogP contribution in [0.2, 0.25) is 0 Å². The number of benzene rings is 2. The van der Waals surface area contributed by atoms with Crippen LogP contribution in [0.15, 0.2) is 40.9 Å². The number of nitrogens with two attached hydrogens (primary N) is 1. The van der Waals surface area contributed by atoms with E-state index in [-0.39, 0.29) is 0 Å². The molecule has 0 bridgehead atoms. The maximum Gasteiger partial charge on any atom is 0.488 e. The van der Waals surface area contributed by atoms with Gasteiger partial charge in [0.1, 0.15) is 5.52 Å². The first-order valence-electron chi connectivity index (χ1n) is 7.31. The van der Waals surface area contributed by atoms with Crippen LogP contribution < -0.4 is 11.2 Å². The smallest absolute Gasteiger partial charge is 0.440 e. The fourth-order valence-electron chi connectivity index (χ4n) is 2.78. The normalized spacial score (nSPS) is 11.3. The van der Waals surface area contributed by atoms with Crippen molar-refractivity contribution in [2.75, 3.05) is 5.73 Å². The third-order valence-electron chi connectivity index (χ3n) is 3.90. The molecule has 0 aliphatic rings. The molecule has 0 radical (unpaired) electrons. The average molecular weight is 320 g/mol. The summed E-state index contributed by atoms with van der Waals surface area (Å²) in [7, 11) is -1.60. The molecule has 0 amide bonds. The van der Waals surface area contributed by atoms with Gasteiger partial charge in [0, 0.05) is 17.9 Å². The highest BCUT2D eigenvalue weighted by molar-refractivity contribution is 6.59. The Kier molecular flexibility index (Phi) is 3.22. The van der Waals surface area contributed by atoms with Gasteiger partial charge in [-0.25, -0.2) is 4.98 Å². The number of nitrogen functional groups attached to an aromatic ring is 1. The molecule has 0 spiro atoms. The molecule has 8 heteroatoms. The number of hydrogen-bond donors (Lipinski definition) is 3. The second-order valence-corrected chi connectivity index (χ2v) is 5.56. The van der Waals surface area contributed by atoms with E-state index in [4.69, 9.17) is 10.2 Å². The highest BCUT2D eigenvalue weighted by Crippen LogP contribution is 2.31. The summed E-state index contributed by atoms with van der Waals surface area (Å²) < 4.78 is 5.69. The first kappa shape index (κ1) is 14.6. The van der Waals surface area contributed by atoms with Crippen LogP contribution in [-0.4, -0.2) is 32.3 Å². The van der Waals surface area contributed by atoms with Crippen LogP contribution in [-0.2, 0) is 0 Å². The van der Waals surface area contributed by atoms with Gasteiger partial charge in [-0.2, -0.15) is 10.2 Å². The van der Waals surface area contributed by atoms with Crippen molar-refractivity contribution < 1.29 is 14.5 Å². The first-order chi connectivity index (χ1) is 11.5. The summed E-state index contributed by atoms with van der Waals surface area (Å²) in [5.41, 5.74) is 10.1. The van der Waals surface area contributed by atoms with E-state index in [9.17, 15) is 10.0 Å². The fraction of sp³-hybridized carbons (Fsp3) is 0.0625. The average Bonchev–Trinajstić information content (AvgIpc) is 2.93. The van der Waals surface area contributed by atoms with E-state index in [1.165, 1.54) is 6.20 Å². The summed E-state index contributed by atoms with van der Waals surface area (Å²) in [6.45, 7) is 1.74. The van der Waals surface area contributed by atoms with E-state index >= 15 is 0 Å². The Morgan fingerprint density at radius 3 is 2.75 bits per heavy atom. The molecule has 2 heterocycles. The molecular weight excluding hydrogens is 307 g/mol. The zero-order valence-corrected chi connectivity index (χ0v) is 12.8. The number of rotatable bonds is 2. The van der Waals surface area contributed by atoms with Gasteiger partial charge >= 0.3 is 7.12 Å². The zero-order valence-electron chi connectivity index (χ0n) is 12.8. The van der Waals surface area contributed by atoms with E-state index in [0.717, 1.165) is 10.9 Å². The molecule has 2 aromatic heterocycles. The summed E-state index contributed by atoms with van der Waals surface area (Å²) in [5, 5.41) is 27.8. The molecule has 4 N–H and O–H groups in total. The Labute approximate surface area is 136 Å². The number of hydrogen-bond acceptors (Lipinski definition) is 7. The van der Waals surface area contributed by atoms with E-state index in [2.05, 4.69) is 15.2 Å². The minimum absolute atomic E-state index is 0.338. The molecular formula is C16H13BN4O3. The second-order valence-electron chi connectivity index (χ2n) is 5.56. The zero-order chi connectivity index (χ0) is 16.8. The Balaban J connectivity index is 2.01. The molecule has 0 aliphatic carbocycles. The number of fused-ring (bicyclic) bond motifs is 2. The van der Waals surface area contributed by atoms with Crippen LogP contribution in [0.5, 0.6) is 0 Å². The Hall–Kier alpha value is -2.97. The minimum Gasteiger partial charge on any atom is -0.440 e. The van der Waals surface area contributed by atoms with Crippen LogP contribution in [0.4, 0.5) is 5.69 Å². The lowest BCUT2D eigenvalue weighted by atomic mass is 9.78. The van der Waals surface area contributed by atoms with Gasteiger partial charge in [-0.3, -0.25) is 0 Å². The monoisotopic (exact) mass is 320 g/mol. The van der Waals surface area contributed by atoms with Gasteiger partial charge in [0.2, 0.25) is 0 Å². The molecule has 0 saturated heterocycles. The van der Waals surface area contributed by atoms with Crippen LogP contribution in [0, 0.1) is 6.92 Å². The van der Waals surface area contributed by atoms with Gasteiger partial charge in [-0.15, -0.1) is 0 Å². The molecule has 0 unspecified atom stereocenters. The van der Waals surface area contributed by atoms with E-state index < -0.39 is 7.12 Å². The lowest BCUT2D eigenvalue weighted by Gasteiger charge is -2.07. The highest BCUT2D eigenvalue weighted by Gasteiger charge is 2.18. The molecule has 0 aliphatic heterocycles. The van der Waals surface area contributed by atoms with E-state index in [1.807, 2.05) is 18.2 Å². The molecule has 7 nitrogen and oxygen atoms in total. The Morgan fingerprint density at radius 1 is 1.12 bits per heavy atom. The molecule has 4 rings (SSSR count). The quantitative estimate of drug-likeness (QED) is 0.472. The van der Waals surface area contributed by atoms with Crippen LogP contribution in [0.3, 0.4) is 0 Å². The summed E-state index contributed by atoms with van der Waals surface area (Å²) in [4.78, 5) is 4.28. The second kappa shape index (κ2) is 5.29. The maximum atomic E-state index is 9.53. The van der Waals surface area contributed by atoms with Gasteiger partial charge in [-0.1, -0.05) is 12.1 Å². The molecule has 0 fully saturated rings. The van der Waals surface area contributed by atoms with Gasteiger partial charge in [0.15, 0.2) is 11.5 Å². The van der Waals surface area contributed by atoms with E-state index in [1.54, 1.807) is 19.1 Å². The third-order valence-corrected chi connectivity index (χ3v) is 3.90. The molecule has 4 aromatic rings. The number of aromatic nitrogens is 3. The van der Waals surface area contributed by atoms with Crippen molar-refractivity contribution in [1.82, 2.24) is 15.2 Å². The summed E-state index contributed by atoms with van der Waals surface area (Å²) in [6.07, 6.45) is 1.50. The van der Waals surface area contributed by atoms with Gasteiger partial charge in [0.25, 0.3) is 0 Å². The Bertz CT molecular complexity index is 1080. The first-order valence-corrected chi connectivity index (χ1v) is 7.31. The summed E-state index contributed by atoms with van der Waals surface area (Å²) in [6, 6.07) is 8.82. The fourth-order valence-corrected chi connectivity index (χ4v) is 2.78. The number of nitrogens with zero attached hydrogens (tertiary/aromatic N) is 3. The highest BCUT2D eigenvalue weighted by atomic mass is 16.4. The van der Waals surface area contributed by atoms with Gasteiger partial charge in [-0.05, 0) is 29.2 Å². The predicted molar refractivity (Wildman–Crippen MR) is 91.5 cm³/mol. The van der Waals surface area contributed by atoms with Gasteiger partial charge < -0.3 is 20.2 Å². The summed E-state index contributed by atoms with van der Waals surface area (Å²) in [5.74, 6) is 0.501. The standard InChI is InChI=1S/C16H13BN4O3/c1-8-20-15-6-10(17(22)23)5-12(16(15)24-8)9-2-3-11-13(18)7-19-21-14(11)4-9/h2-7,22-23H,1H3,(H2,18,21). The number of oxazole rings is 1. The molecule has 118 valence electrons. The molecule has 2 aromatic carbocycles. The van der Waals surface area contributed by atoms with Crippen LogP contribution in [0.1, 0.15) is 5.89 Å². The maximum absolute atomic E-state index is 9.53. The van der Waals surface area contributed by atoms with Crippen molar-refractivity contribution in [2.45, 2.75) is 6.92 Å². The van der Waals surface area contributed by atoms with Crippen molar-refractivity contribution >= 4 is 40.3 Å². The summed E-state index contributed by atoms with van der Waals surface area (Å²) >= 11 is 0. The number of aryl methyl sites for hydroxylation is 1. The van der Waals surface area contributed by atoms with Gasteiger partial charge in [0.05, 0.1) is 17.4 Å². The lowest BCUT2D eigenvalue weighted by molar-refractivity contribution is 0.426. The minimum atomic E-state index is -1.60. The largest absolute Gasteiger partial charge is 0.488 e. The van der Waals surface area contributed by atoms with Crippen molar-refractivity contribution in [1.29, 1.82) is 0 Å². The van der Waals surface area contributed by atoms with Crippen molar-refractivity contribution in [3.63, 3.8) is 0 Å². The SMILES string of the molecule is Cc1nc2cc(B(O)O)cc(-c3ccc4c(N)cnnc4c3)c2o1. The van der Waals surface area contributed by atoms with Crippen LogP contribution >= 0.6 is 0 Å². The lowest BCUT2D eigenvalue weighted by Crippen LogP contribution is -2.29. The predicted octanol–water partition coefficient (Wildman–Crippen LogP) is 1.01.